The summed E-state index contributed by atoms with van der Waals surface area (Å²) in [5, 5.41) is 5.16. The lowest BCUT2D eigenvalue weighted by Gasteiger charge is -2.02. The molecule has 2 aromatic carbocycles. The zero-order chi connectivity index (χ0) is 17.4. The van der Waals surface area contributed by atoms with Crippen molar-refractivity contribution in [3.63, 3.8) is 0 Å². The summed E-state index contributed by atoms with van der Waals surface area (Å²) >= 11 is 0. The average Bonchev–Trinajstić information content (AvgIpc) is 3.01. The maximum atomic E-state index is 11.8. The van der Waals surface area contributed by atoms with E-state index in [9.17, 15) is 8.42 Å². The third-order valence-corrected chi connectivity index (χ3v) is 4.64. The van der Waals surface area contributed by atoms with Crippen molar-refractivity contribution >= 4 is 20.9 Å². The summed E-state index contributed by atoms with van der Waals surface area (Å²) in [4.78, 5) is 8.29. The molecule has 4 rings (SSSR count). The van der Waals surface area contributed by atoms with Gasteiger partial charge in [0, 0.05) is 18.0 Å². The van der Waals surface area contributed by atoms with Crippen LogP contribution in [0.2, 0.25) is 0 Å². The minimum absolute atomic E-state index is 0.211. The fourth-order valence-electron chi connectivity index (χ4n) is 2.62. The molecule has 6 nitrogen and oxygen atoms in total. The van der Waals surface area contributed by atoms with Gasteiger partial charge < -0.3 is 0 Å². The molecular formula is C18H14N4O2S. The first-order chi connectivity index (χ1) is 12.0. The van der Waals surface area contributed by atoms with Gasteiger partial charge in [-0.2, -0.15) is 10.1 Å². The number of nitrogens with zero attached hydrogens (tertiary/aromatic N) is 4. The Morgan fingerprint density at radius 3 is 2.20 bits per heavy atom. The second-order valence-corrected chi connectivity index (χ2v) is 7.53. The van der Waals surface area contributed by atoms with Gasteiger partial charge in [-0.15, -0.1) is 0 Å². The van der Waals surface area contributed by atoms with Crippen LogP contribution in [0.25, 0.3) is 28.0 Å². The maximum Gasteiger partial charge on any atom is 0.248 e. The quantitative estimate of drug-likeness (QED) is 0.531. The maximum absolute atomic E-state index is 11.8. The number of fused-ring (bicyclic) bond motifs is 1. The summed E-state index contributed by atoms with van der Waals surface area (Å²) in [7, 11) is -3.51. The summed E-state index contributed by atoms with van der Waals surface area (Å²) < 4.78 is 25.3. The van der Waals surface area contributed by atoms with Gasteiger partial charge in [0.25, 0.3) is 0 Å². The van der Waals surface area contributed by atoms with Crippen molar-refractivity contribution in [3.8, 4) is 16.9 Å². The molecule has 0 fully saturated rings. The van der Waals surface area contributed by atoms with Crippen LogP contribution in [0.3, 0.4) is 0 Å². The number of hydrogen-bond donors (Lipinski definition) is 0. The molecule has 7 heteroatoms. The van der Waals surface area contributed by atoms with Crippen LogP contribution in [0.4, 0.5) is 0 Å². The minimum Gasteiger partial charge on any atom is -0.226 e. The number of sulfone groups is 1. The molecule has 0 saturated carbocycles. The van der Waals surface area contributed by atoms with E-state index in [4.69, 9.17) is 0 Å². The lowest BCUT2D eigenvalue weighted by atomic mass is 10.1. The van der Waals surface area contributed by atoms with Crippen molar-refractivity contribution in [1.29, 1.82) is 0 Å². The highest BCUT2D eigenvalue weighted by Gasteiger charge is 2.19. The minimum atomic E-state index is -3.51. The SMILES string of the molecule is CS(=O)(=O)c1ncc2c(-c3ccccc3)nn(-c3ccccc3)c2n1. The van der Waals surface area contributed by atoms with Gasteiger partial charge in [0.2, 0.25) is 15.0 Å². The fraction of sp³-hybridized carbons (Fsp3) is 0.0556. The average molecular weight is 350 g/mol. The molecule has 0 atom stereocenters. The van der Waals surface area contributed by atoms with E-state index in [0.717, 1.165) is 17.5 Å². The zero-order valence-corrected chi connectivity index (χ0v) is 14.2. The third kappa shape index (κ3) is 2.78. The molecule has 0 radical (unpaired) electrons. The Labute approximate surface area is 144 Å². The first kappa shape index (κ1) is 15.5. The van der Waals surface area contributed by atoms with Gasteiger partial charge in [-0.25, -0.2) is 18.1 Å². The smallest absolute Gasteiger partial charge is 0.226 e. The van der Waals surface area contributed by atoms with Crippen molar-refractivity contribution in [3.05, 3.63) is 66.9 Å². The Balaban J connectivity index is 2.06. The second kappa shape index (κ2) is 5.78. The number of hydrogen-bond acceptors (Lipinski definition) is 5. The van der Waals surface area contributed by atoms with Gasteiger partial charge in [-0.1, -0.05) is 48.5 Å². The first-order valence-corrected chi connectivity index (χ1v) is 9.50. The molecule has 2 heterocycles. The Bertz CT molecular complexity index is 1150. The number of aromatic nitrogens is 4. The summed E-state index contributed by atoms with van der Waals surface area (Å²) in [6.45, 7) is 0. The van der Waals surface area contributed by atoms with Crippen molar-refractivity contribution in [2.45, 2.75) is 5.16 Å². The van der Waals surface area contributed by atoms with Crippen LogP contribution < -0.4 is 0 Å². The predicted octanol–water partition coefficient (Wildman–Crippen LogP) is 2.89. The predicted molar refractivity (Wildman–Crippen MR) is 95.2 cm³/mol. The Morgan fingerprint density at radius 1 is 0.920 bits per heavy atom. The Morgan fingerprint density at radius 2 is 1.56 bits per heavy atom. The van der Waals surface area contributed by atoms with E-state index in [0.29, 0.717) is 16.7 Å². The molecule has 0 amide bonds. The third-order valence-electron chi connectivity index (χ3n) is 3.78. The molecule has 2 aromatic heterocycles. The summed E-state index contributed by atoms with van der Waals surface area (Å²) in [6, 6.07) is 19.1. The van der Waals surface area contributed by atoms with Gasteiger partial charge in [0.15, 0.2) is 5.65 Å². The van der Waals surface area contributed by atoms with E-state index in [1.807, 2.05) is 60.7 Å². The van der Waals surface area contributed by atoms with Crippen LogP contribution in [0.1, 0.15) is 0 Å². The van der Waals surface area contributed by atoms with Crippen molar-refractivity contribution < 1.29 is 8.42 Å². The topological polar surface area (TPSA) is 77.7 Å². The molecule has 0 unspecified atom stereocenters. The molecule has 0 saturated heterocycles. The number of para-hydroxylation sites is 1. The largest absolute Gasteiger partial charge is 0.248 e. The van der Waals surface area contributed by atoms with E-state index in [1.165, 1.54) is 6.20 Å². The van der Waals surface area contributed by atoms with E-state index in [-0.39, 0.29) is 5.16 Å². The van der Waals surface area contributed by atoms with E-state index < -0.39 is 9.84 Å². The molecule has 0 spiro atoms. The normalized spacial score (nSPS) is 11.7. The van der Waals surface area contributed by atoms with Gasteiger partial charge in [0.1, 0.15) is 5.69 Å². The van der Waals surface area contributed by atoms with E-state index in [2.05, 4.69) is 15.1 Å². The summed E-state index contributed by atoms with van der Waals surface area (Å²) in [5.41, 5.74) is 2.88. The zero-order valence-electron chi connectivity index (χ0n) is 13.4. The van der Waals surface area contributed by atoms with Crippen molar-refractivity contribution in [1.82, 2.24) is 19.7 Å². The fourth-order valence-corrected chi connectivity index (χ4v) is 3.12. The number of benzene rings is 2. The van der Waals surface area contributed by atoms with Gasteiger partial charge >= 0.3 is 0 Å². The van der Waals surface area contributed by atoms with Crippen LogP contribution in [0.15, 0.2) is 72.0 Å². The van der Waals surface area contributed by atoms with Gasteiger partial charge in [-0.3, -0.25) is 0 Å². The highest BCUT2D eigenvalue weighted by Crippen LogP contribution is 2.28. The van der Waals surface area contributed by atoms with Crippen LogP contribution in [-0.2, 0) is 9.84 Å². The lowest BCUT2D eigenvalue weighted by Crippen LogP contribution is -2.05. The standard InChI is InChI=1S/C18H14N4O2S/c1-25(23,24)18-19-12-15-16(13-8-4-2-5-9-13)21-22(17(15)20-18)14-10-6-3-7-11-14/h2-12H,1H3. The molecule has 0 aliphatic rings. The van der Waals surface area contributed by atoms with Crippen LogP contribution >= 0.6 is 0 Å². The van der Waals surface area contributed by atoms with Crippen molar-refractivity contribution in [2.24, 2.45) is 0 Å². The molecule has 0 bridgehead atoms. The molecular weight excluding hydrogens is 336 g/mol. The van der Waals surface area contributed by atoms with Gasteiger partial charge in [-0.05, 0) is 12.1 Å². The summed E-state index contributed by atoms with van der Waals surface area (Å²) in [6.07, 6.45) is 2.61. The summed E-state index contributed by atoms with van der Waals surface area (Å²) in [5.74, 6) is 0. The molecule has 124 valence electrons. The molecule has 0 aliphatic carbocycles. The van der Waals surface area contributed by atoms with Gasteiger partial charge in [0.05, 0.1) is 11.1 Å². The highest BCUT2D eigenvalue weighted by atomic mass is 32.2. The second-order valence-electron chi connectivity index (χ2n) is 5.62. The van der Waals surface area contributed by atoms with Crippen LogP contribution in [0, 0.1) is 0 Å². The van der Waals surface area contributed by atoms with E-state index in [1.54, 1.807) is 4.68 Å². The molecule has 0 aliphatic heterocycles. The van der Waals surface area contributed by atoms with Crippen molar-refractivity contribution in [2.75, 3.05) is 6.26 Å². The Hall–Kier alpha value is -3.06. The van der Waals surface area contributed by atoms with E-state index >= 15 is 0 Å². The first-order valence-electron chi connectivity index (χ1n) is 7.61. The molecule has 25 heavy (non-hydrogen) atoms. The highest BCUT2D eigenvalue weighted by molar-refractivity contribution is 7.90. The molecule has 4 aromatic rings. The monoisotopic (exact) mass is 350 g/mol. The van der Waals surface area contributed by atoms with Crippen LogP contribution in [0.5, 0.6) is 0 Å². The lowest BCUT2D eigenvalue weighted by molar-refractivity contribution is 0.593. The van der Waals surface area contributed by atoms with Crippen LogP contribution in [-0.4, -0.2) is 34.4 Å². The Kier molecular flexibility index (Phi) is 3.58. The number of rotatable bonds is 3. The molecule has 0 N–H and O–H groups in total.